The van der Waals surface area contributed by atoms with Crippen molar-refractivity contribution in [3.05, 3.63) is 34.5 Å². The van der Waals surface area contributed by atoms with Gasteiger partial charge in [-0.05, 0) is 60.0 Å². The highest BCUT2D eigenvalue weighted by Crippen LogP contribution is 2.25. The lowest BCUT2D eigenvalue weighted by atomic mass is 10.2. The molecular formula is C16H16BrN5O2. The third kappa shape index (κ3) is 2.47. The summed E-state index contributed by atoms with van der Waals surface area (Å²) in [5.41, 5.74) is 7.13. The van der Waals surface area contributed by atoms with Gasteiger partial charge in [0.15, 0.2) is 16.1 Å². The van der Waals surface area contributed by atoms with Crippen LogP contribution in [0.4, 0.5) is 5.82 Å². The number of rotatable bonds is 2. The Bertz CT molecular complexity index is 932. The van der Waals surface area contributed by atoms with E-state index in [1.54, 1.807) is 24.3 Å². The fourth-order valence-electron chi connectivity index (χ4n) is 3.07. The number of carbonyl (C=O) groups excluding carboxylic acids is 1. The van der Waals surface area contributed by atoms with Gasteiger partial charge in [-0.15, -0.1) is 5.10 Å². The summed E-state index contributed by atoms with van der Waals surface area (Å²) in [7, 11) is 0. The third-order valence-electron chi connectivity index (χ3n) is 4.32. The number of nitrogens with zero attached hydrogens (tertiary/aromatic N) is 4. The first-order valence-corrected chi connectivity index (χ1v) is 8.55. The van der Waals surface area contributed by atoms with E-state index in [1.807, 2.05) is 4.90 Å². The van der Waals surface area contributed by atoms with Crippen molar-refractivity contribution >= 4 is 33.3 Å². The van der Waals surface area contributed by atoms with E-state index in [2.05, 4.69) is 32.9 Å². The van der Waals surface area contributed by atoms with Gasteiger partial charge in [0, 0.05) is 18.2 Å². The summed E-state index contributed by atoms with van der Waals surface area (Å²) in [6, 6.07) is 7.17. The van der Waals surface area contributed by atoms with Crippen LogP contribution in [0.2, 0.25) is 0 Å². The lowest BCUT2D eigenvalue weighted by Crippen LogP contribution is -2.33. The highest BCUT2D eigenvalue weighted by molar-refractivity contribution is 9.10. The van der Waals surface area contributed by atoms with Gasteiger partial charge in [-0.2, -0.15) is 4.52 Å². The molecular weight excluding hydrogens is 374 g/mol. The number of nitrogens with two attached hydrogens (primary N) is 1. The molecule has 4 heterocycles. The maximum atomic E-state index is 12.7. The number of amides is 1. The van der Waals surface area contributed by atoms with Crippen LogP contribution in [0.25, 0.3) is 17.2 Å². The van der Waals surface area contributed by atoms with E-state index < -0.39 is 0 Å². The second-order valence-corrected chi connectivity index (χ2v) is 6.75. The summed E-state index contributed by atoms with van der Waals surface area (Å²) >= 11 is 3.26. The van der Waals surface area contributed by atoms with Gasteiger partial charge in [-0.25, -0.2) is 4.98 Å². The molecule has 2 N–H and O–H groups in total. The van der Waals surface area contributed by atoms with Crippen molar-refractivity contribution in [3.63, 3.8) is 0 Å². The van der Waals surface area contributed by atoms with Crippen LogP contribution in [0.3, 0.4) is 0 Å². The number of aromatic nitrogens is 3. The molecule has 1 atom stereocenters. The molecule has 24 heavy (non-hydrogen) atoms. The van der Waals surface area contributed by atoms with Crippen molar-refractivity contribution in [2.75, 3.05) is 12.3 Å². The zero-order chi connectivity index (χ0) is 16.8. The second-order valence-electron chi connectivity index (χ2n) is 5.97. The lowest BCUT2D eigenvalue weighted by molar-refractivity contribution is 0.0747. The number of carbonyl (C=O) groups is 1. The number of furan rings is 1. The monoisotopic (exact) mass is 389 g/mol. The van der Waals surface area contributed by atoms with E-state index >= 15 is 0 Å². The Kier molecular flexibility index (Phi) is 3.56. The average molecular weight is 390 g/mol. The largest absolute Gasteiger partial charge is 0.446 e. The van der Waals surface area contributed by atoms with Crippen LogP contribution in [-0.4, -0.2) is 38.0 Å². The predicted octanol–water partition coefficient (Wildman–Crippen LogP) is 2.96. The Hall–Kier alpha value is -2.35. The van der Waals surface area contributed by atoms with Gasteiger partial charge in [0.2, 0.25) is 5.82 Å². The summed E-state index contributed by atoms with van der Waals surface area (Å²) in [5, 5.41) is 4.35. The van der Waals surface area contributed by atoms with Gasteiger partial charge in [-0.1, -0.05) is 0 Å². The van der Waals surface area contributed by atoms with Gasteiger partial charge in [-0.3, -0.25) is 4.79 Å². The van der Waals surface area contributed by atoms with Crippen molar-refractivity contribution < 1.29 is 9.21 Å². The Morgan fingerprint density at radius 3 is 2.92 bits per heavy atom. The molecule has 1 saturated heterocycles. The number of anilines is 1. The highest BCUT2D eigenvalue weighted by atomic mass is 79.9. The van der Waals surface area contributed by atoms with E-state index in [4.69, 9.17) is 10.2 Å². The summed E-state index contributed by atoms with van der Waals surface area (Å²) in [5.74, 6) is 1.31. The molecule has 8 heteroatoms. The number of nitrogen functional groups attached to an aromatic ring is 1. The number of fused-ring (bicyclic) bond motifs is 1. The van der Waals surface area contributed by atoms with E-state index in [1.165, 1.54) is 4.52 Å². The van der Waals surface area contributed by atoms with Gasteiger partial charge < -0.3 is 15.1 Å². The van der Waals surface area contributed by atoms with Gasteiger partial charge in [0.05, 0.1) is 0 Å². The molecule has 1 aliphatic rings. The minimum atomic E-state index is -0.0144. The molecule has 0 bridgehead atoms. The van der Waals surface area contributed by atoms with E-state index in [9.17, 15) is 4.79 Å². The van der Waals surface area contributed by atoms with Crippen molar-refractivity contribution in [2.45, 2.75) is 25.8 Å². The van der Waals surface area contributed by atoms with Crippen LogP contribution in [0.5, 0.6) is 0 Å². The molecule has 0 aliphatic carbocycles. The smallest absolute Gasteiger partial charge is 0.254 e. The summed E-state index contributed by atoms with van der Waals surface area (Å²) < 4.78 is 7.58. The van der Waals surface area contributed by atoms with Crippen LogP contribution in [0.15, 0.2) is 33.4 Å². The zero-order valence-electron chi connectivity index (χ0n) is 13.1. The molecule has 0 radical (unpaired) electrons. The average Bonchev–Trinajstić information content (AvgIpc) is 3.25. The molecule has 0 spiro atoms. The van der Waals surface area contributed by atoms with Crippen LogP contribution in [0.1, 0.15) is 30.1 Å². The molecule has 124 valence electrons. The summed E-state index contributed by atoms with van der Waals surface area (Å²) in [6.45, 7) is 2.85. The fourth-order valence-corrected chi connectivity index (χ4v) is 3.38. The summed E-state index contributed by atoms with van der Waals surface area (Å²) in [4.78, 5) is 19.0. The minimum Gasteiger partial charge on any atom is -0.446 e. The fraction of sp³-hybridized carbons (Fsp3) is 0.312. The standard InChI is InChI=1S/C16H16BrN5O2/c1-9-3-2-6-21(9)16(23)10-7-13(18)22-14(8-10)19-15(20-22)11-4-5-12(17)24-11/h4-5,7-9H,2-3,6,18H2,1H3. The second kappa shape index (κ2) is 5.62. The molecule has 0 saturated carbocycles. The van der Waals surface area contributed by atoms with E-state index in [0.717, 1.165) is 19.4 Å². The normalized spacial score (nSPS) is 17.8. The molecule has 1 aliphatic heterocycles. The molecule has 1 fully saturated rings. The van der Waals surface area contributed by atoms with E-state index in [-0.39, 0.29) is 11.9 Å². The Morgan fingerprint density at radius 2 is 2.25 bits per heavy atom. The zero-order valence-corrected chi connectivity index (χ0v) is 14.7. The maximum Gasteiger partial charge on any atom is 0.254 e. The Morgan fingerprint density at radius 1 is 1.42 bits per heavy atom. The maximum absolute atomic E-state index is 12.7. The summed E-state index contributed by atoms with van der Waals surface area (Å²) in [6.07, 6.45) is 2.07. The number of halogens is 1. The van der Waals surface area contributed by atoms with Crippen molar-refractivity contribution in [2.24, 2.45) is 0 Å². The Balaban J connectivity index is 1.75. The van der Waals surface area contributed by atoms with Crippen molar-refractivity contribution in [3.8, 4) is 11.6 Å². The van der Waals surface area contributed by atoms with Crippen LogP contribution in [0, 0.1) is 0 Å². The molecule has 1 amide bonds. The first-order valence-electron chi connectivity index (χ1n) is 7.76. The number of hydrogen-bond donors (Lipinski definition) is 1. The van der Waals surface area contributed by atoms with Crippen molar-refractivity contribution in [1.29, 1.82) is 0 Å². The predicted molar refractivity (Wildman–Crippen MR) is 92.5 cm³/mol. The first-order chi connectivity index (χ1) is 11.5. The molecule has 7 nitrogen and oxygen atoms in total. The third-order valence-corrected chi connectivity index (χ3v) is 4.75. The SMILES string of the molecule is CC1CCCN1C(=O)c1cc(N)n2nc(-c3ccc(Br)o3)nc2c1. The molecule has 3 aromatic rings. The Labute approximate surface area is 146 Å². The van der Waals surface area contributed by atoms with E-state index in [0.29, 0.717) is 33.3 Å². The highest BCUT2D eigenvalue weighted by Gasteiger charge is 2.27. The lowest BCUT2D eigenvalue weighted by Gasteiger charge is -2.21. The van der Waals surface area contributed by atoms with Gasteiger partial charge >= 0.3 is 0 Å². The molecule has 0 aromatic carbocycles. The topological polar surface area (TPSA) is 89.7 Å². The molecule has 4 rings (SSSR count). The van der Waals surface area contributed by atoms with Crippen molar-refractivity contribution in [1.82, 2.24) is 19.5 Å². The minimum absolute atomic E-state index is 0.0144. The quantitative estimate of drug-likeness (QED) is 0.727. The van der Waals surface area contributed by atoms with Gasteiger partial charge in [0.25, 0.3) is 5.91 Å². The van der Waals surface area contributed by atoms with Crippen LogP contribution < -0.4 is 5.73 Å². The number of likely N-dealkylation sites (tertiary alicyclic amines) is 1. The van der Waals surface area contributed by atoms with Crippen LogP contribution in [-0.2, 0) is 0 Å². The number of pyridine rings is 1. The first kappa shape index (κ1) is 15.2. The number of hydrogen-bond acceptors (Lipinski definition) is 5. The molecule has 1 unspecified atom stereocenters. The van der Waals surface area contributed by atoms with Gasteiger partial charge in [0.1, 0.15) is 5.82 Å². The van der Waals surface area contributed by atoms with Crippen LogP contribution >= 0.6 is 15.9 Å². The molecule has 3 aromatic heterocycles.